The summed E-state index contributed by atoms with van der Waals surface area (Å²) in [5, 5.41) is 11.9. The molecular formula is C23H20N2O5. The van der Waals surface area contributed by atoms with Crippen LogP contribution >= 0.6 is 0 Å². The maximum absolute atomic E-state index is 13.0. The van der Waals surface area contributed by atoms with Gasteiger partial charge in [0, 0.05) is 5.56 Å². The SMILES string of the molecule is C[C@@H]1C=CC[C@@H]2C(=O)N(c3cccc(C(=O)Nc4ccccc4C(=O)O)c3)C(=O)[C@@H]12. The van der Waals surface area contributed by atoms with Crippen LogP contribution in [0.15, 0.2) is 60.7 Å². The van der Waals surface area contributed by atoms with Gasteiger partial charge in [0.05, 0.1) is 28.8 Å². The number of carbonyl (C=O) groups is 4. The Morgan fingerprint density at radius 3 is 2.57 bits per heavy atom. The summed E-state index contributed by atoms with van der Waals surface area (Å²) in [6.45, 7) is 1.92. The van der Waals surface area contributed by atoms with Gasteiger partial charge < -0.3 is 10.4 Å². The summed E-state index contributed by atoms with van der Waals surface area (Å²) in [6.07, 6.45) is 4.42. The molecule has 30 heavy (non-hydrogen) atoms. The van der Waals surface area contributed by atoms with Gasteiger partial charge in [-0.15, -0.1) is 0 Å². The first-order chi connectivity index (χ1) is 14.4. The van der Waals surface area contributed by atoms with E-state index in [1.165, 1.54) is 23.1 Å². The molecule has 7 heteroatoms. The van der Waals surface area contributed by atoms with Crippen molar-refractivity contribution in [2.45, 2.75) is 13.3 Å². The maximum atomic E-state index is 13.0. The Balaban J connectivity index is 1.61. The van der Waals surface area contributed by atoms with E-state index in [2.05, 4.69) is 5.32 Å². The number of imide groups is 1. The topological polar surface area (TPSA) is 104 Å². The zero-order chi connectivity index (χ0) is 21.4. The molecule has 1 heterocycles. The third-order valence-corrected chi connectivity index (χ3v) is 5.64. The van der Waals surface area contributed by atoms with Crippen LogP contribution in [0.2, 0.25) is 0 Å². The van der Waals surface area contributed by atoms with Gasteiger partial charge >= 0.3 is 5.97 Å². The average Bonchev–Trinajstić information content (AvgIpc) is 2.99. The summed E-state index contributed by atoms with van der Waals surface area (Å²) in [5.74, 6) is -2.98. The standard InChI is InChI=1S/C23H20N2O5/c1-13-6-4-10-17-19(13)22(28)25(21(17)27)15-8-5-7-14(12-15)20(26)24-18-11-3-2-9-16(18)23(29)30/h2-9,11-13,17,19H,10H2,1H3,(H,24,26)(H,29,30)/t13-,17+,19+/m1/s1. The Morgan fingerprint density at radius 2 is 1.83 bits per heavy atom. The van der Waals surface area contributed by atoms with Crippen molar-refractivity contribution >= 4 is 35.1 Å². The number of nitrogens with zero attached hydrogens (tertiary/aromatic N) is 1. The van der Waals surface area contributed by atoms with Gasteiger partial charge in [-0.3, -0.25) is 19.3 Å². The fourth-order valence-corrected chi connectivity index (χ4v) is 4.16. The van der Waals surface area contributed by atoms with E-state index >= 15 is 0 Å². The minimum absolute atomic E-state index is 0.0239. The zero-order valence-corrected chi connectivity index (χ0v) is 16.2. The number of carboxylic acids is 1. The molecule has 2 aromatic carbocycles. The van der Waals surface area contributed by atoms with E-state index < -0.39 is 11.9 Å². The van der Waals surface area contributed by atoms with Gasteiger partial charge in [-0.05, 0) is 42.7 Å². The molecule has 0 bridgehead atoms. The molecule has 1 fully saturated rings. The Kier molecular flexibility index (Phi) is 4.95. The molecule has 0 radical (unpaired) electrons. The van der Waals surface area contributed by atoms with Crippen LogP contribution in [0, 0.1) is 17.8 Å². The molecule has 0 spiro atoms. The van der Waals surface area contributed by atoms with Crippen LogP contribution in [0.1, 0.15) is 34.1 Å². The number of hydrogen-bond acceptors (Lipinski definition) is 4. The summed E-state index contributed by atoms with van der Waals surface area (Å²) in [7, 11) is 0. The molecule has 152 valence electrons. The van der Waals surface area contributed by atoms with E-state index in [-0.39, 0.29) is 46.4 Å². The Hall–Kier alpha value is -3.74. The van der Waals surface area contributed by atoms with Crippen LogP contribution in [0.5, 0.6) is 0 Å². The number of nitrogens with one attached hydrogen (secondary N) is 1. The summed E-state index contributed by atoms with van der Waals surface area (Å²) in [6, 6.07) is 12.3. The third kappa shape index (κ3) is 3.28. The smallest absolute Gasteiger partial charge is 0.337 e. The highest BCUT2D eigenvalue weighted by Crippen LogP contribution is 2.40. The molecule has 1 saturated heterocycles. The molecule has 1 aliphatic carbocycles. The number of amides is 3. The van der Waals surface area contributed by atoms with Crippen molar-refractivity contribution in [2.24, 2.45) is 17.8 Å². The van der Waals surface area contributed by atoms with Gasteiger partial charge in [-0.2, -0.15) is 0 Å². The van der Waals surface area contributed by atoms with Gasteiger partial charge in [0.2, 0.25) is 11.8 Å². The molecule has 0 saturated carbocycles. The lowest BCUT2D eigenvalue weighted by atomic mass is 9.78. The van der Waals surface area contributed by atoms with Crippen LogP contribution in [0.4, 0.5) is 11.4 Å². The number of para-hydroxylation sites is 1. The number of allylic oxidation sites excluding steroid dienone is 2. The molecule has 2 aliphatic rings. The number of rotatable bonds is 4. The van der Waals surface area contributed by atoms with Gasteiger partial charge in [-0.25, -0.2) is 4.79 Å². The molecule has 0 unspecified atom stereocenters. The van der Waals surface area contributed by atoms with E-state index in [1.54, 1.807) is 30.3 Å². The Labute approximate surface area is 173 Å². The lowest BCUT2D eigenvalue weighted by molar-refractivity contribution is -0.122. The van der Waals surface area contributed by atoms with E-state index in [9.17, 15) is 24.3 Å². The Morgan fingerprint density at radius 1 is 1.07 bits per heavy atom. The first-order valence-electron chi connectivity index (χ1n) is 9.66. The fourth-order valence-electron chi connectivity index (χ4n) is 4.16. The molecule has 3 amide bonds. The van der Waals surface area contributed by atoms with Crippen molar-refractivity contribution in [1.29, 1.82) is 0 Å². The van der Waals surface area contributed by atoms with Crippen LogP contribution in [-0.2, 0) is 9.59 Å². The van der Waals surface area contributed by atoms with Gasteiger partial charge in [0.25, 0.3) is 5.91 Å². The van der Waals surface area contributed by atoms with Crippen molar-refractivity contribution in [3.05, 3.63) is 71.8 Å². The second kappa shape index (κ2) is 7.59. The van der Waals surface area contributed by atoms with Gasteiger partial charge in [-0.1, -0.05) is 37.3 Å². The number of aromatic carboxylic acids is 1. The van der Waals surface area contributed by atoms with E-state index in [1.807, 2.05) is 19.1 Å². The number of carbonyl (C=O) groups excluding carboxylic acids is 3. The van der Waals surface area contributed by atoms with E-state index in [4.69, 9.17) is 0 Å². The Bertz CT molecular complexity index is 1090. The minimum Gasteiger partial charge on any atom is -0.478 e. The normalized spacial score (nSPS) is 22.7. The highest BCUT2D eigenvalue weighted by Gasteiger charge is 2.50. The molecule has 3 atom stereocenters. The lowest BCUT2D eigenvalue weighted by Crippen LogP contribution is -2.31. The number of anilines is 2. The summed E-state index contributed by atoms with van der Waals surface area (Å²) < 4.78 is 0. The molecule has 1 aliphatic heterocycles. The van der Waals surface area contributed by atoms with E-state index in [0.717, 1.165) is 0 Å². The lowest BCUT2D eigenvalue weighted by Gasteiger charge is -2.22. The first-order valence-corrected chi connectivity index (χ1v) is 9.66. The zero-order valence-electron chi connectivity index (χ0n) is 16.2. The largest absolute Gasteiger partial charge is 0.478 e. The monoisotopic (exact) mass is 404 g/mol. The first kappa shape index (κ1) is 19.6. The predicted molar refractivity (Wildman–Crippen MR) is 110 cm³/mol. The fraction of sp³-hybridized carbons (Fsp3) is 0.217. The number of fused-ring (bicyclic) bond motifs is 1. The highest BCUT2D eigenvalue weighted by molar-refractivity contribution is 6.22. The quantitative estimate of drug-likeness (QED) is 0.601. The molecule has 0 aromatic heterocycles. The van der Waals surface area contributed by atoms with Gasteiger partial charge in [0.1, 0.15) is 0 Å². The second-order valence-corrected chi connectivity index (χ2v) is 7.52. The van der Waals surface area contributed by atoms with Crippen molar-refractivity contribution in [3.63, 3.8) is 0 Å². The second-order valence-electron chi connectivity index (χ2n) is 7.52. The number of hydrogen-bond donors (Lipinski definition) is 2. The third-order valence-electron chi connectivity index (χ3n) is 5.64. The van der Waals surface area contributed by atoms with Crippen LogP contribution in [0.3, 0.4) is 0 Å². The molecule has 4 rings (SSSR count). The minimum atomic E-state index is -1.15. The van der Waals surface area contributed by atoms with Crippen molar-refractivity contribution in [2.75, 3.05) is 10.2 Å². The molecule has 2 aromatic rings. The molecule has 7 nitrogen and oxygen atoms in total. The summed E-state index contributed by atoms with van der Waals surface area (Å²) in [4.78, 5) is 51.1. The van der Waals surface area contributed by atoms with Crippen LogP contribution < -0.4 is 10.2 Å². The van der Waals surface area contributed by atoms with Crippen molar-refractivity contribution < 1.29 is 24.3 Å². The summed E-state index contributed by atoms with van der Waals surface area (Å²) in [5.41, 5.74) is 0.692. The molecule has 2 N–H and O–H groups in total. The average molecular weight is 404 g/mol. The van der Waals surface area contributed by atoms with Crippen molar-refractivity contribution in [1.82, 2.24) is 0 Å². The van der Waals surface area contributed by atoms with Crippen LogP contribution in [0.25, 0.3) is 0 Å². The van der Waals surface area contributed by atoms with Crippen molar-refractivity contribution in [3.8, 4) is 0 Å². The predicted octanol–water partition coefficient (Wildman–Crippen LogP) is 3.34. The number of benzene rings is 2. The van der Waals surface area contributed by atoms with E-state index in [0.29, 0.717) is 12.1 Å². The number of carboxylic acid groups (broad SMARTS) is 1. The molecular weight excluding hydrogens is 384 g/mol. The van der Waals surface area contributed by atoms with Gasteiger partial charge in [0.15, 0.2) is 0 Å². The van der Waals surface area contributed by atoms with Crippen LogP contribution in [-0.4, -0.2) is 28.8 Å². The summed E-state index contributed by atoms with van der Waals surface area (Å²) >= 11 is 0. The highest BCUT2D eigenvalue weighted by atomic mass is 16.4. The maximum Gasteiger partial charge on any atom is 0.337 e.